The van der Waals surface area contributed by atoms with Crippen LogP contribution in [0.15, 0.2) is 49.1 Å². The summed E-state index contributed by atoms with van der Waals surface area (Å²) in [5.74, 6) is -1.29. The van der Waals surface area contributed by atoms with Crippen LogP contribution in [0.3, 0.4) is 0 Å². The summed E-state index contributed by atoms with van der Waals surface area (Å²) in [7, 11) is -2.73. The molecule has 11 heteroatoms. The van der Waals surface area contributed by atoms with Crippen molar-refractivity contribution in [3.05, 3.63) is 71.3 Å². The van der Waals surface area contributed by atoms with Gasteiger partial charge in [0.2, 0.25) is 5.91 Å². The lowest BCUT2D eigenvalue weighted by atomic mass is 9.93. The van der Waals surface area contributed by atoms with Crippen molar-refractivity contribution in [2.24, 2.45) is 12.8 Å². The van der Waals surface area contributed by atoms with Crippen LogP contribution in [0.1, 0.15) is 56.9 Å². The van der Waals surface area contributed by atoms with Gasteiger partial charge in [0.05, 0.1) is 6.20 Å². The van der Waals surface area contributed by atoms with Gasteiger partial charge >= 0.3 is 0 Å². The van der Waals surface area contributed by atoms with Crippen LogP contribution >= 0.6 is 0 Å². The molecule has 3 aromatic heterocycles. The molecule has 0 saturated carbocycles. The van der Waals surface area contributed by atoms with Crippen LogP contribution in [-0.4, -0.2) is 44.4 Å². The Morgan fingerprint density at radius 3 is 2.56 bits per heavy atom. The lowest BCUT2D eigenvalue weighted by molar-refractivity contribution is 0.1000. The highest BCUT2D eigenvalue weighted by atomic mass is 32.2. The average molecular weight is 482 g/mol. The van der Waals surface area contributed by atoms with Crippen molar-refractivity contribution in [1.29, 1.82) is 0 Å². The molecule has 4 N–H and O–H groups in total. The highest BCUT2D eigenvalue weighted by molar-refractivity contribution is 7.86. The number of rotatable bonds is 8. The maximum atomic E-state index is 13.7. The number of H-pyrrole nitrogens is 1. The van der Waals surface area contributed by atoms with Crippen molar-refractivity contribution < 1.29 is 22.6 Å². The molecule has 0 radical (unpaired) electrons. The van der Waals surface area contributed by atoms with E-state index in [4.69, 9.17) is 5.73 Å². The SMILES string of the molecule is CCCC(c1ccc(C(N)=O)cc1C(=O)c1c[nH]c2ncc(-c3cnn(C)c3)cc12)S(=O)(=O)O. The fourth-order valence-electron chi connectivity index (χ4n) is 3.98. The second-order valence-corrected chi connectivity index (χ2v) is 9.61. The Labute approximate surface area is 195 Å². The van der Waals surface area contributed by atoms with E-state index in [1.807, 2.05) is 6.20 Å². The third-order valence-corrected chi connectivity index (χ3v) is 6.86. The van der Waals surface area contributed by atoms with E-state index in [-0.39, 0.29) is 28.7 Å². The van der Waals surface area contributed by atoms with Crippen molar-refractivity contribution in [3.8, 4) is 11.1 Å². The minimum Gasteiger partial charge on any atom is -0.366 e. The first kappa shape index (κ1) is 23.3. The molecule has 0 aliphatic heterocycles. The van der Waals surface area contributed by atoms with Gasteiger partial charge in [-0.1, -0.05) is 19.4 Å². The van der Waals surface area contributed by atoms with Gasteiger partial charge in [-0.05, 0) is 30.2 Å². The molecular weight excluding hydrogens is 458 g/mol. The number of aromatic amines is 1. The fourth-order valence-corrected chi connectivity index (χ4v) is 5.04. The summed E-state index contributed by atoms with van der Waals surface area (Å²) in [5.41, 5.74) is 7.77. The van der Waals surface area contributed by atoms with Gasteiger partial charge in [0.1, 0.15) is 10.9 Å². The molecule has 0 saturated heterocycles. The van der Waals surface area contributed by atoms with E-state index in [1.54, 1.807) is 37.1 Å². The van der Waals surface area contributed by atoms with Crippen molar-refractivity contribution in [2.45, 2.75) is 25.0 Å². The normalized spacial score (nSPS) is 12.7. The number of nitrogens with zero attached hydrogens (tertiary/aromatic N) is 3. The Balaban J connectivity index is 1.89. The first-order chi connectivity index (χ1) is 16.1. The Kier molecular flexibility index (Phi) is 6.07. The topological polar surface area (TPSA) is 161 Å². The molecule has 4 aromatic rings. The van der Waals surface area contributed by atoms with Crippen molar-refractivity contribution in [2.75, 3.05) is 0 Å². The maximum absolute atomic E-state index is 13.7. The molecule has 1 amide bonds. The Morgan fingerprint density at radius 2 is 1.94 bits per heavy atom. The molecule has 0 spiro atoms. The predicted octanol–water partition coefficient (Wildman–Crippen LogP) is 3.02. The zero-order valence-electron chi connectivity index (χ0n) is 18.5. The second-order valence-electron chi connectivity index (χ2n) is 8.01. The van der Waals surface area contributed by atoms with Gasteiger partial charge in [0, 0.05) is 58.8 Å². The van der Waals surface area contributed by atoms with Gasteiger partial charge in [0.15, 0.2) is 5.78 Å². The minimum absolute atomic E-state index is 0.0277. The molecule has 4 rings (SSSR count). The van der Waals surface area contributed by atoms with E-state index in [1.165, 1.54) is 24.4 Å². The summed E-state index contributed by atoms with van der Waals surface area (Å²) < 4.78 is 35.8. The molecule has 0 bridgehead atoms. The first-order valence-corrected chi connectivity index (χ1v) is 12.0. The number of carbonyl (C=O) groups excluding carboxylic acids is 2. The monoisotopic (exact) mass is 481 g/mol. The zero-order valence-corrected chi connectivity index (χ0v) is 19.3. The number of carbonyl (C=O) groups is 2. The number of ketones is 1. The third-order valence-electron chi connectivity index (χ3n) is 5.65. The highest BCUT2D eigenvalue weighted by Crippen LogP contribution is 2.33. The van der Waals surface area contributed by atoms with E-state index in [9.17, 15) is 22.6 Å². The number of aromatic nitrogens is 4. The molecule has 10 nitrogen and oxygen atoms in total. The number of aryl methyl sites for hydroxylation is 1. The van der Waals surface area contributed by atoms with Gasteiger partial charge in [-0.3, -0.25) is 18.8 Å². The van der Waals surface area contributed by atoms with Crippen LogP contribution in [0.4, 0.5) is 0 Å². The van der Waals surface area contributed by atoms with Crippen LogP contribution in [0, 0.1) is 0 Å². The summed E-state index contributed by atoms with van der Waals surface area (Å²) >= 11 is 0. The number of fused-ring (bicyclic) bond motifs is 1. The smallest absolute Gasteiger partial charge is 0.272 e. The van der Waals surface area contributed by atoms with Crippen LogP contribution < -0.4 is 5.73 Å². The Hall–Kier alpha value is -3.83. The van der Waals surface area contributed by atoms with E-state index in [2.05, 4.69) is 15.1 Å². The molecule has 176 valence electrons. The summed E-state index contributed by atoms with van der Waals surface area (Å²) in [6.07, 6.45) is 7.16. The van der Waals surface area contributed by atoms with Crippen molar-refractivity contribution >= 4 is 32.8 Å². The molecule has 1 aromatic carbocycles. The number of pyridine rings is 1. The number of hydrogen-bond donors (Lipinski definition) is 3. The number of amides is 1. The van der Waals surface area contributed by atoms with Gasteiger partial charge in [-0.25, -0.2) is 4.98 Å². The summed E-state index contributed by atoms with van der Waals surface area (Å²) in [5, 5.41) is 3.34. The van der Waals surface area contributed by atoms with E-state index >= 15 is 0 Å². The first-order valence-electron chi connectivity index (χ1n) is 10.5. The third kappa shape index (κ3) is 4.35. The molecule has 3 heterocycles. The molecule has 1 atom stereocenters. The van der Waals surface area contributed by atoms with E-state index in [0.717, 1.165) is 11.1 Å². The largest absolute Gasteiger partial charge is 0.366 e. The molecule has 0 aliphatic carbocycles. The lowest BCUT2D eigenvalue weighted by Gasteiger charge is -2.17. The molecule has 1 unspecified atom stereocenters. The lowest BCUT2D eigenvalue weighted by Crippen LogP contribution is -2.18. The standard InChI is InChI=1S/C23H23N5O5S/c1-3-4-20(34(31,32)33)16-6-5-13(22(24)30)7-17(16)21(29)19-11-26-23-18(19)8-14(9-25-23)15-10-27-28(2)12-15/h5-12,20H,3-4H2,1-2H3,(H2,24,30)(H,25,26)(H,31,32,33). The molecule has 34 heavy (non-hydrogen) atoms. The van der Waals surface area contributed by atoms with Gasteiger partial charge < -0.3 is 10.7 Å². The number of nitrogens with one attached hydrogen (secondary N) is 1. The predicted molar refractivity (Wildman–Crippen MR) is 126 cm³/mol. The van der Waals surface area contributed by atoms with Crippen LogP contribution in [0.25, 0.3) is 22.2 Å². The number of nitrogens with two attached hydrogens (primary N) is 1. The van der Waals surface area contributed by atoms with Gasteiger partial charge in [0.25, 0.3) is 10.1 Å². The maximum Gasteiger partial charge on any atom is 0.272 e. The van der Waals surface area contributed by atoms with Crippen LogP contribution in [-0.2, 0) is 17.2 Å². The summed E-state index contributed by atoms with van der Waals surface area (Å²) in [4.78, 5) is 32.8. The quantitative estimate of drug-likeness (QED) is 0.257. The zero-order chi connectivity index (χ0) is 24.6. The molecular formula is C23H23N5O5S. The molecule has 0 aliphatic rings. The summed E-state index contributed by atoms with van der Waals surface area (Å²) in [6, 6.07) is 5.76. The van der Waals surface area contributed by atoms with Crippen LogP contribution in [0.2, 0.25) is 0 Å². The Morgan fingerprint density at radius 1 is 1.18 bits per heavy atom. The Bertz CT molecular complexity index is 1520. The average Bonchev–Trinajstić information content (AvgIpc) is 3.41. The number of hydrogen-bond acceptors (Lipinski definition) is 6. The fraction of sp³-hybridized carbons (Fsp3) is 0.217. The van der Waals surface area contributed by atoms with Crippen molar-refractivity contribution in [1.82, 2.24) is 19.7 Å². The van der Waals surface area contributed by atoms with E-state index < -0.39 is 27.1 Å². The van der Waals surface area contributed by atoms with Crippen molar-refractivity contribution in [3.63, 3.8) is 0 Å². The number of primary amides is 1. The summed E-state index contributed by atoms with van der Waals surface area (Å²) in [6.45, 7) is 1.77. The second kappa shape index (κ2) is 8.84. The molecule has 0 fully saturated rings. The van der Waals surface area contributed by atoms with Gasteiger partial charge in [-0.15, -0.1) is 0 Å². The van der Waals surface area contributed by atoms with Crippen LogP contribution in [0.5, 0.6) is 0 Å². The number of benzene rings is 1. The minimum atomic E-state index is -4.52. The van der Waals surface area contributed by atoms with E-state index in [0.29, 0.717) is 17.5 Å². The highest BCUT2D eigenvalue weighted by Gasteiger charge is 2.30. The van der Waals surface area contributed by atoms with Gasteiger partial charge in [-0.2, -0.15) is 13.5 Å².